The van der Waals surface area contributed by atoms with Gasteiger partial charge in [0.2, 0.25) is 10.0 Å². The Hall–Kier alpha value is -2.58. The van der Waals surface area contributed by atoms with Gasteiger partial charge in [-0.25, -0.2) is 17.8 Å². The molecule has 0 N–H and O–H groups in total. The maximum atomic E-state index is 13.6. The molecular weight excluding hydrogens is 391 g/mol. The van der Waals surface area contributed by atoms with Crippen LogP contribution in [0, 0.1) is 12.7 Å². The van der Waals surface area contributed by atoms with Crippen LogP contribution in [0.4, 0.5) is 4.39 Å². The number of aromatic nitrogens is 3. The van der Waals surface area contributed by atoms with E-state index in [1.165, 1.54) is 18.5 Å². The average Bonchev–Trinajstić information content (AvgIpc) is 3.37. The van der Waals surface area contributed by atoms with E-state index >= 15 is 0 Å². The fraction of sp³-hybridized carbons (Fsp3) is 0.333. The van der Waals surface area contributed by atoms with Crippen molar-refractivity contribution in [2.45, 2.75) is 49.7 Å². The van der Waals surface area contributed by atoms with Gasteiger partial charge in [0, 0.05) is 12.6 Å². The van der Waals surface area contributed by atoms with Crippen molar-refractivity contribution in [3.8, 4) is 0 Å². The third-order valence-electron chi connectivity index (χ3n) is 5.45. The van der Waals surface area contributed by atoms with Crippen molar-refractivity contribution in [2.75, 3.05) is 0 Å². The van der Waals surface area contributed by atoms with Crippen molar-refractivity contribution in [1.82, 2.24) is 19.1 Å². The van der Waals surface area contributed by atoms with Crippen LogP contribution in [0.3, 0.4) is 0 Å². The summed E-state index contributed by atoms with van der Waals surface area (Å²) in [6.45, 7) is 2.51. The van der Waals surface area contributed by atoms with E-state index in [2.05, 4.69) is 10.1 Å². The summed E-state index contributed by atoms with van der Waals surface area (Å²) < 4.78 is 43.9. The Morgan fingerprint density at radius 3 is 2.45 bits per heavy atom. The lowest BCUT2D eigenvalue weighted by Gasteiger charge is -2.30. The quantitative estimate of drug-likeness (QED) is 0.617. The Morgan fingerprint density at radius 2 is 1.79 bits per heavy atom. The molecule has 6 nitrogen and oxygen atoms in total. The molecule has 2 aromatic carbocycles. The Labute approximate surface area is 170 Å². The molecule has 1 saturated heterocycles. The molecule has 1 aliphatic rings. The molecule has 8 heteroatoms. The first kappa shape index (κ1) is 19.7. The molecule has 0 bridgehead atoms. The van der Waals surface area contributed by atoms with Gasteiger partial charge < -0.3 is 0 Å². The van der Waals surface area contributed by atoms with Gasteiger partial charge in [-0.05, 0) is 56.0 Å². The van der Waals surface area contributed by atoms with E-state index in [4.69, 9.17) is 0 Å². The zero-order valence-corrected chi connectivity index (χ0v) is 17.0. The van der Waals surface area contributed by atoms with E-state index in [1.807, 2.05) is 6.92 Å². The fourth-order valence-electron chi connectivity index (χ4n) is 3.95. The normalized spacial score (nSPS) is 20.2. The number of sulfonamides is 1. The molecule has 2 heterocycles. The minimum atomic E-state index is -3.71. The molecule has 1 fully saturated rings. The lowest BCUT2D eigenvalue weighted by Crippen LogP contribution is -2.38. The maximum Gasteiger partial charge on any atom is 0.243 e. The van der Waals surface area contributed by atoms with Gasteiger partial charge in [-0.1, -0.05) is 29.8 Å². The number of benzene rings is 2. The number of hydrogen-bond donors (Lipinski definition) is 0. The van der Waals surface area contributed by atoms with Gasteiger partial charge in [-0.3, -0.25) is 4.68 Å². The van der Waals surface area contributed by atoms with E-state index in [0.29, 0.717) is 19.4 Å². The molecular formula is C21H23FN4O2S. The van der Waals surface area contributed by atoms with Crippen LogP contribution in [0.15, 0.2) is 66.1 Å². The van der Waals surface area contributed by atoms with Gasteiger partial charge in [-0.2, -0.15) is 9.40 Å². The van der Waals surface area contributed by atoms with Gasteiger partial charge in [0.25, 0.3) is 0 Å². The van der Waals surface area contributed by atoms with E-state index in [9.17, 15) is 12.8 Å². The van der Waals surface area contributed by atoms with Crippen LogP contribution < -0.4 is 0 Å². The van der Waals surface area contributed by atoms with Gasteiger partial charge in [0.1, 0.15) is 18.5 Å². The molecule has 1 aliphatic heterocycles. The Kier molecular flexibility index (Phi) is 5.47. The molecule has 4 rings (SSSR count). The van der Waals surface area contributed by atoms with Gasteiger partial charge in [0.15, 0.2) is 0 Å². The van der Waals surface area contributed by atoms with E-state index in [-0.39, 0.29) is 22.8 Å². The molecule has 0 radical (unpaired) electrons. The van der Waals surface area contributed by atoms with Crippen LogP contribution in [0.2, 0.25) is 0 Å². The predicted molar refractivity (Wildman–Crippen MR) is 107 cm³/mol. The highest BCUT2D eigenvalue weighted by Crippen LogP contribution is 2.41. The summed E-state index contributed by atoms with van der Waals surface area (Å²) in [7, 11) is -3.71. The summed E-state index contributed by atoms with van der Waals surface area (Å²) in [6, 6.07) is 12.6. The highest BCUT2D eigenvalue weighted by molar-refractivity contribution is 7.89. The van der Waals surface area contributed by atoms with Crippen LogP contribution >= 0.6 is 0 Å². The number of halogens is 1. The van der Waals surface area contributed by atoms with Crippen LogP contribution in [-0.2, 0) is 16.6 Å². The number of aryl methyl sites for hydroxylation is 2. The van der Waals surface area contributed by atoms with Crippen LogP contribution in [-0.4, -0.2) is 33.5 Å². The number of hydrogen-bond acceptors (Lipinski definition) is 4. The largest absolute Gasteiger partial charge is 0.253 e. The van der Waals surface area contributed by atoms with Gasteiger partial charge in [0.05, 0.1) is 10.9 Å². The summed E-state index contributed by atoms with van der Waals surface area (Å²) in [5.41, 5.74) is 1.81. The van der Waals surface area contributed by atoms with Crippen LogP contribution in [0.25, 0.3) is 0 Å². The van der Waals surface area contributed by atoms with E-state index < -0.39 is 10.0 Å². The summed E-state index contributed by atoms with van der Waals surface area (Å²) in [5, 5.41) is 4.12. The standard InChI is InChI=1S/C21H23FN4O2S/c1-16-2-9-20(10-3-16)29(27,28)26-19(12-13-25-15-23-14-24-25)8-11-21(26)17-4-6-18(22)7-5-17/h2-7,9-10,14-15,19,21H,8,11-13H2,1H3. The molecule has 0 amide bonds. The molecule has 0 aliphatic carbocycles. The molecule has 3 aromatic rings. The van der Waals surface area contributed by atoms with Crippen molar-refractivity contribution in [2.24, 2.45) is 0 Å². The fourth-order valence-corrected chi connectivity index (χ4v) is 5.84. The van der Waals surface area contributed by atoms with Crippen molar-refractivity contribution < 1.29 is 12.8 Å². The lowest BCUT2D eigenvalue weighted by molar-refractivity contribution is 0.301. The van der Waals surface area contributed by atoms with Gasteiger partial charge >= 0.3 is 0 Å². The third-order valence-corrected chi connectivity index (χ3v) is 7.43. The summed E-state index contributed by atoms with van der Waals surface area (Å²) in [5.74, 6) is -0.331. The summed E-state index contributed by atoms with van der Waals surface area (Å²) >= 11 is 0. The van der Waals surface area contributed by atoms with Crippen molar-refractivity contribution in [3.63, 3.8) is 0 Å². The maximum absolute atomic E-state index is 13.6. The first-order valence-corrected chi connectivity index (χ1v) is 11.1. The third kappa shape index (κ3) is 4.09. The second-order valence-corrected chi connectivity index (χ2v) is 9.24. The monoisotopic (exact) mass is 414 g/mol. The minimum absolute atomic E-state index is 0.166. The topological polar surface area (TPSA) is 68.1 Å². The molecule has 1 aromatic heterocycles. The molecule has 152 valence electrons. The van der Waals surface area contributed by atoms with Crippen molar-refractivity contribution in [3.05, 3.63) is 78.1 Å². The Balaban J connectivity index is 1.68. The molecule has 2 unspecified atom stereocenters. The number of rotatable bonds is 6. The van der Waals surface area contributed by atoms with Crippen molar-refractivity contribution >= 4 is 10.0 Å². The zero-order valence-electron chi connectivity index (χ0n) is 16.1. The van der Waals surface area contributed by atoms with E-state index in [0.717, 1.165) is 17.5 Å². The Morgan fingerprint density at radius 1 is 1.07 bits per heavy atom. The second-order valence-electron chi connectivity index (χ2n) is 7.39. The molecule has 29 heavy (non-hydrogen) atoms. The van der Waals surface area contributed by atoms with E-state index in [1.54, 1.807) is 51.7 Å². The SMILES string of the molecule is Cc1ccc(S(=O)(=O)N2C(CCn3cncn3)CCC2c2ccc(F)cc2)cc1. The lowest BCUT2D eigenvalue weighted by atomic mass is 10.1. The van der Waals surface area contributed by atoms with Crippen LogP contribution in [0.1, 0.15) is 36.4 Å². The first-order chi connectivity index (χ1) is 13.9. The van der Waals surface area contributed by atoms with Crippen LogP contribution in [0.5, 0.6) is 0 Å². The minimum Gasteiger partial charge on any atom is -0.253 e. The molecule has 2 atom stereocenters. The molecule has 0 spiro atoms. The summed E-state index contributed by atoms with van der Waals surface area (Å²) in [4.78, 5) is 4.23. The smallest absolute Gasteiger partial charge is 0.243 e. The van der Waals surface area contributed by atoms with Crippen molar-refractivity contribution in [1.29, 1.82) is 0 Å². The first-order valence-electron chi connectivity index (χ1n) is 9.63. The number of nitrogens with zero attached hydrogens (tertiary/aromatic N) is 4. The zero-order chi connectivity index (χ0) is 20.4. The molecule has 0 saturated carbocycles. The average molecular weight is 415 g/mol. The highest BCUT2D eigenvalue weighted by Gasteiger charge is 2.42. The predicted octanol–water partition coefficient (Wildman–Crippen LogP) is 3.71. The summed E-state index contributed by atoms with van der Waals surface area (Å²) in [6.07, 6.45) is 5.16. The Bertz CT molecular complexity index is 1050. The second kappa shape index (κ2) is 8.04. The van der Waals surface area contributed by atoms with Gasteiger partial charge in [-0.15, -0.1) is 0 Å². The highest BCUT2D eigenvalue weighted by atomic mass is 32.2.